The molecule has 2 aromatic heterocycles. The van der Waals surface area contributed by atoms with E-state index in [1.165, 1.54) is 17.3 Å². The predicted molar refractivity (Wildman–Crippen MR) is 161 cm³/mol. The van der Waals surface area contributed by atoms with Gasteiger partial charge in [-0.25, -0.2) is 4.98 Å². The van der Waals surface area contributed by atoms with Gasteiger partial charge in [-0.2, -0.15) is 0 Å². The van der Waals surface area contributed by atoms with Crippen LogP contribution in [0.2, 0.25) is 0 Å². The summed E-state index contributed by atoms with van der Waals surface area (Å²) in [6.45, 7) is 10.0. The molecule has 2 saturated heterocycles. The number of ether oxygens (including phenoxy) is 2. The fraction of sp³-hybridized carbons (Fsp3) is 0.379. The molecule has 1 unspecified atom stereocenters. The fourth-order valence-electron chi connectivity index (χ4n) is 5.26. The Morgan fingerprint density at radius 1 is 1.12 bits per heavy atom. The summed E-state index contributed by atoms with van der Waals surface area (Å²) < 4.78 is 13.1. The number of aromatic nitrogens is 2. The lowest BCUT2D eigenvalue weighted by Crippen LogP contribution is -2.47. The van der Waals surface area contributed by atoms with Gasteiger partial charge in [0.25, 0.3) is 11.5 Å². The van der Waals surface area contributed by atoms with Crippen molar-refractivity contribution in [1.29, 1.82) is 0 Å². The smallest absolute Gasteiger partial charge is 0.267 e. The van der Waals surface area contributed by atoms with Gasteiger partial charge in [0.05, 0.1) is 10.5 Å². The average Bonchev–Trinajstić information content (AvgIpc) is 3.53. The molecule has 40 heavy (non-hydrogen) atoms. The molecule has 0 radical (unpaired) electrons. The first-order chi connectivity index (χ1) is 19.3. The number of carbonyl (C=O) groups is 1. The van der Waals surface area contributed by atoms with Crippen molar-refractivity contribution in [3.63, 3.8) is 0 Å². The number of carbonyl (C=O) groups excluding carboxylic acids is 1. The zero-order valence-electron chi connectivity index (χ0n) is 22.8. The lowest BCUT2D eigenvalue weighted by molar-refractivity contribution is -0.123. The van der Waals surface area contributed by atoms with Gasteiger partial charge in [0, 0.05) is 45.0 Å². The third-order valence-electron chi connectivity index (χ3n) is 7.71. The molecular weight excluding hydrogens is 546 g/mol. The van der Waals surface area contributed by atoms with E-state index in [4.69, 9.17) is 26.7 Å². The lowest BCUT2D eigenvalue weighted by atomic mass is 10.1. The number of thiocarbonyl (C=S) groups is 1. The normalized spacial score (nSPS) is 19.3. The lowest BCUT2D eigenvalue weighted by Gasteiger charge is -2.36. The maximum atomic E-state index is 13.8. The van der Waals surface area contributed by atoms with Crippen molar-refractivity contribution in [3.05, 3.63) is 68.5 Å². The van der Waals surface area contributed by atoms with Crippen molar-refractivity contribution in [3.8, 4) is 11.5 Å². The summed E-state index contributed by atoms with van der Waals surface area (Å²) >= 11 is 6.78. The number of pyridine rings is 1. The van der Waals surface area contributed by atoms with Gasteiger partial charge in [-0.3, -0.25) is 23.8 Å². The number of rotatable bonds is 6. The number of thioether (sulfide) groups is 1. The highest BCUT2D eigenvalue weighted by atomic mass is 32.2. The SMILES string of the molecule is CCC(C)N1C(=O)/C(=C/c2c(N3CCN(Cc4ccc5c(c4)OCO5)CC3)nc3c(C)cccn3c2=O)SC1=S. The van der Waals surface area contributed by atoms with Crippen LogP contribution < -0.4 is 19.9 Å². The Hall–Kier alpha value is -3.41. The van der Waals surface area contributed by atoms with Crippen LogP contribution in [0.3, 0.4) is 0 Å². The van der Waals surface area contributed by atoms with Gasteiger partial charge >= 0.3 is 0 Å². The molecule has 3 aromatic rings. The molecule has 3 aliphatic heterocycles. The molecule has 5 heterocycles. The number of hydrogen-bond acceptors (Lipinski definition) is 9. The van der Waals surface area contributed by atoms with Crippen LogP contribution >= 0.6 is 24.0 Å². The zero-order chi connectivity index (χ0) is 28.0. The van der Waals surface area contributed by atoms with Crippen LogP contribution in [0.1, 0.15) is 37.0 Å². The third-order valence-corrected chi connectivity index (χ3v) is 9.04. The molecule has 2 fully saturated rings. The topological polar surface area (TPSA) is 79.6 Å². The van der Waals surface area contributed by atoms with Crippen LogP contribution in [0.25, 0.3) is 11.7 Å². The maximum absolute atomic E-state index is 13.8. The van der Waals surface area contributed by atoms with Crippen LogP contribution in [0.5, 0.6) is 11.5 Å². The molecule has 3 aliphatic rings. The van der Waals surface area contributed by atoms with E-state index in [1.54, 1.807) is 21.6 Å². The summed E-state index contributed by atoms with van der Waals surface area (Å²) in [5.74, 6) is 2.02. The van der Waals surface area contributed by atoms with Crippen LogP contribution in [0.4, 0.5) is 5.82 Å². The van der Waals surface area contributed by atoms with Gasteiger partial charge in [0.2, 0.25) is 6.79 Å². The molecule has 1 atom stereocenters. The molecule has 1 amide bonds. The first-order valence-electron chi connectivity index (χ1n) is 13.5. The molecule has 0 spiro atoms. The van der Waals surface area contributed by atoms with Crippen molar-refractivity contribution in [2.75, 3.05) is 37.9 Å². The minimum absolute atomic E-state index is 0.00539. The van der Waals surface area contributed by atoms with Crippen molar-refractivity contribution < 1.29 is 14.3 Å². The van der Waals surface area contributed by atoms with E-state index in [0.29, 0.717) is 39.3 Å². The minimum atomic E-state index is -0.194. The fourth-order valence-corrected chi connectivity index (χ4v) is 6.70. The average molecular weight is 578 g/mol. The maximum Gasteiger partial charge on any atom is 0.267 e. The molecule has 0 saturated carbocycles. The molecule has 0 aliphatic carbocycles. The number of piperazine rings is 1. The Labute approximate surface area is 242 Å². The second-order valence-electron chi connectivity index (χ2n) is 10.3. The Bertz CT molecular complexity index is 1600. The highest BCUT2D eigenvalue weighted by Gasteiger charge is 2.35. The summed E-state index contributed by atoms with van der Waals surface area (Å²) in [6.07, 6.45) is 4.22. The first kappa shape index (κ1) is 26.8. The molecular formula is C29H31N5O4S2. The van der Waals surface area contributed by atoms with E-state index in [2.05, 4.69) is 15.9 Å². The largest absolute Gasteiger partial charge is 0.454 e. The van der Waals surface area contributed by atoms with Crippen molar-refractivity contribution in [1.82, 2.24) is 19.2 Å². The van der Waals surface area contributed by atoms with E-state index in [9.17, 15) is 9.59 Å². The number of nitrogens with zero attached hydrogens (tertiary/aromatic N) is 5. The Morgan fingerprint density at radius 2 is 1.90 bits per heavy atom. The summed E-state index contributed by atoms with van der Waals surface area (Å²) in [5, 5.41) is 0. The molecule has 6 rings (SSSR count). The first-order valence-corrected chi connectivity index (χ1v) is 14.7. The predicted octanol–water partition coefficient (Wildman–Crippen LogP) is 4.05. The van der Waals surface area contributed by atoms with Crippen LogP contribution in [-0.2, 0) is 11.3 Å². The van der Waals surface area contributed by atoms with Gasteiger partial charge < -0.3 is 14.4 Å². The molecule has 1 aromatic carbocycles. The number of benzene rings is 1. The minimum Gasteiger partial charge on any atom is -0.454 e. The standard InChI is InChI=1S/C29H31N5O4S2/c1-4-19(3)34-28(36)24(40-29(34)39)15-21-26(30-25-18(2)6-5-9-33(25)27(21)35)32-12-10-31(11-13-32)16-20-7-8-22-23(14-20)38-17-37-22/h5-9,14-15,19H,4,10-13,16-17H2,1-3H3/b24-15-. The monoisotopic (exact) mass is 577 g/mol. The van der Waals surface area contributed by atoms with Crippen LogP contribution in [0, 0.1) is 6.92 Å². The number of hydrogen-bond donors (Lipinski definition) is 0. The third kappa shape index (κ3) is 4.86. The molecule has 9 nitrogen and oxygen atoms in total. The quantitative estimate of drug-likeness (QED) is 0.318. The number of amides is 1. The summed E-state index contributed by atoms with van der Waals surface area (Å²) in [7, 11) is 0. The van der Waals surface area contributed by atoms with Gasteiger partial charge in [-0.1, -0.05) is 43.0 Å². The van der Waals surface area contributed by atoms with Gasteiger partial charge in [-0.05, 0) is 55.7 Å². The highest BCUT2D eigenvalue weighted by molar-refractivity contribution is 8.26. The number of fused-ring (bicyclic) bond motifs is 2. The number of anilines is 1. The van der Waals surface area contributed by atoms with E-state index in [1.807, 2.05) is 45.0 Å². The van der Waals surface area contributed by atoms with Crippen molar-refractivity contribution in [2.24, 2.45) is 0 Å². The van der Waals surface area contributed by atoms with Crippen LogP contribution in [-0.4, -0.2) is 68.4 Å². The molecule has 208 valence electrons. The van der Waals surface area contributed by atoms with E-state index >= 15 is 0 Å². The van der Waals surface area contributed by atoms with Gasteiger partial charge in [0.15, 0.2) is 11.5 Å². The highest BCUT2D eigenvalue weighted by Crippen LogP contribution is 2.36. The summed E-state index contributed by atoms with van der Waals surface area (Å²) in [5.41, 5.74) is 2.92. The van der Waals surface area contributed by atoms with E-state index in [-0.39, 0.29) is 24.3 Å². The number of aryl methyl sites for hydroxylation is 1. The zero-order valence-corrected chi connectivity index (χ0v) is 24.4. The van der Waals surface area contributed by atoms with E-state index in [0.717, 1.165) is 43.1 Å². The van der Waals surface area contributed by atoms with E-state index < -0.39 is 0 Å². The van der Waals surface area contributed by atoms with Crippen molar-refractivity contribution >= 4 is 51.7 Å². The van der Waals surface area contributed by atoms with Crippen molar-refractivity contribution in [2.45, 2.75) is 39.8 Å². The molecule has 11 heteroatoms. The Kier molecular flexibility index (Phi) is 7.28. The molecule has 0 N–H and O–H groups in total. The van der Waals surface area contributed by atoms with Crippen LogP contribution in [0.15, 0.2) is 46.2 Å². The Morgan fingerprint density at radius 3 is 2.67 bits per heavy atom. The second kappa shape index (κ2) is 10.9. The van der Waals surface area contributed by atoms with Gasteiger partial charge in [-0.15, -0.1) is 0 Å². The summed E-state index contributed by atoms with van der Waals surface area (Å²) in [4.78, 5) is 38.8. The summed E-state index contributed by atoms with van der Waals surface area (Å²) in [6, 6.07) is 9.85. The molecule has 0 bridgehead atoms. The van der Waals surface area contributed by atoms with Gasteiger partial charge in [0.1, 0.15) is 15.8 Å². The second-order valence-corrected chi connectivity index (χ2v) is 12.0. The Balaban J connectivity index is 1.30.